The number of hydrogen-bond acceptors (Lipinski definition) is 2. The first-order valence-electron chi connectivity index (χ1n) is 6.12. The van der Waals surface area contributed by atoms with E-state index in [0.717, 1.165) is 12.8 Å². The van der Waals surface area contributed by atoms with Crippen LogP contribution in [0.25, 0.3) is 0 Å². The van der Waals surface area contributed by atoms with Gasteiger partial charge in [-0.1, -0.05) is 33.6 Å². The fourth-order valence-electron chi connectivity index (χ4n) is 2.91. The quantitative estimate of drug-likeness (QED) is 0.715. The first kappa shape index (κ1) is 12.7. The van der Waals surface area contributed by atoms with Crippen LogP contribution in [0.4, 0.5) is 0 Å². The average Bonchev–Trinajstić information content (AvgIpc) is 2.16. The zero-order chi connectivity index (χ0) is 11.6. The Morgan fingerprint density at radius 3 is 2.40 bits per heavy atom. The molecule has 0 aliphatic heterocycles. The number of carbonyl (C=O) groups excluding carboxylic acids is 1. The van der Waals surface area contributed by atoms with Crippen molar-refractivity contribution >= 4 is 5.78 Å². The van der Waals surface area contributed by atoms with E-state index in [9.17, 15) is 4.79 Å². The van der Waals surface area contributed by atoms with Gasteiger partial charge in [0.05, 0.1) is 5.54 Å². The molecule has 1 aliphatic carbocycles. The summed E-state index contributed by atoms with van der Waals surface area (Å²) in [5.74, 6) is 1.26. The van der Waals surface area contributed by atoms with E-state index in [1.807, 2.05) is 13.8 Å². The number of nitrogens with zero attached hydrogens (tertiary/aromatic N) is 1. The van der Waals surface area contributed by atoms with Crippen LogP contribution < -0.4 is 0 Å². The van der Waals surface area contributed by atoms with Gasteiger partial charge in [0.1, 0.15) is 0 Å². The van der Waals surface area contributed by atoms with Crippen LogP contribution in [0.15, 0.2) is 0 Å². The van der Waals surface area contributed by atoms with Crippen molar-refractivity contribution in [3.05, 3.63) is 0 Å². The minimum atomic E-state index is -0.175. The molecule has 0 aromatic heterocycles. The molecule has 0 spiro atoms. The normalized spacial score (nSPS) is 32.3. The van der Waals surface area contributed by atoms with Crippen LogP contribution in [0.3, 0.4) is 0 Å². The zero-order valence-corrected chi connectivity index (χ0v) is 10.8. The van der Waals surface area contributed by atoms with Gasteiger partial charge < -0.3 is 0 Å². The Morgan fingerprint density at radius 1 is 1.40 bits per heavy atom. The van der Waals surface area contributed by atoms with Crippen LogP contribution in [0, 0.1) is 11.8 Å². The van der Waals surface area contributed by atoms with Crippen LogP contribution in [-0.4, -0.2) is 30.3 Å². The Hall–Kier alpha value is -0.370. The molecule has 2 unspecified atom stereocenters. The molecule has 2 nitrogen and oxygen atoms in total. The standard InChI is InChI=1S/C13H25NO/c1-10(2)12(15)13(14(4)5)8-6-7-11(3)9-13/h10-11H,6-9H2,1-5H3. The lowest BCUT2D eigenvalue weighted by atomic mass is 9.71. The molecule has 0 bridgehead atoms. The first-order chi connectivity index (χ1) is 6.90. The van der Waals surface area contributed by atoms with Gasteiger partial charge in [0.2, 0.25) is 0 Å². The van der Waals surface area contributed by atoms with Gasteiger partial charge in [-0.25, -0.2) is 0 Å². The van der Waals surface area contributed by atoms with Crippen LogP contribution in [0.1, 0.15) is 46.5 Å². The van der Waals surface area contributed by atoms with E-state index >= 15 is 0 Å². The van der Waals surface area contributed by atoms with E-state index < -0.39 is 0 Å². The van der Waals surface area contributed by atoms with Gasteiger partial charge in [-0.2, -0.15) is 0 Å². The summed E-state index contributed by atoms with van der Waals surface area (Å²) < 4.78 is 0. The van der Waals surface area contributed by atoms with Gasteiger partial charge >= 0.3 is 0 Å². The molecule has 1 aliphatic rings. The molecule has 0 aromatic rings. The molecule has 1 fully saturated rings. The first-order valence-corrected chi connectivity index (χ1v) is 6.12. The van der Waals surface area contributed by atoms with Gasteiger partial charge in [-0.05, 0) is 32.9 Å². The summed E-state index contributed by atoms with van der Waals surface area (Å²) in [5.41, 5.74) is -0.175. The summed E-state index contributed by atoms with van der Waals surface area (Å²) in [6.07, 6.45) is 4.55. The Labute approximate surface area is 94.0 Å². The number of hydrogen-bond donors (Lipinski definition) is 0. The molecule has 2 atom stereocenters. The van der Waals surface area contributed by atoms with E-state index in [4.69, 9.17) is 0 Å². The van der Waals surface area contributed by atoms with E-state index in [0.29, 0.717) is 11.7 Å². The van der Waals surface area contributed by atoms with Crippen molar-refractivity contribution in [3.8, 4) is 0 Å². The van der Waals surface area contributed by atoms with Gasteiger partial charge in [-0.3, -0.25) is 9.69 Å². The number of likely N-dealkylation sites (N-methyl/N-ethyl adjacent to an activating group) is 1. The Balaban J connectivity index is 2.92. The van der Waals surface area contributed by atoms with Crippen LogP contribution in [0.5, 0.6) is 0 Å². The Bertz CT molecular complexity index is 235. The third-order valence-electron chi connectivity index (χ3n) is 3.81. The highest BCUT2D eigenvalue weighted by atomic mass is 16.1. The number of Topliss-reactive ketones (excluding diaryl/α,β-unsaturated/α-hetero) is 1. The van der Waals surface area contributed by atoms with Crippen molar-refractivity contribution in [3.63, 3.8) is 0 Å². The smallest absolute Gasteiger partial charge is 0.155 e. The van der Waals surface area contributed by atoms with E-state index in [1.54, 1.807) is 0 Å². The second kappa shape index (κ2) is 4.65. The largest absolute Gasteiger partial charge is 0.297 e. The summed E-state index contributed by atoms with van der Waals surface area (Å²) >= 11 is 0. The molecule has 0 radical (unpaired) electrons. The summed E-state index contributed by atoms with van der Waals surface area (Å²) in [7, 11) is 4.11. The lowest BCUT2D eigenvalue weighted by Gasteiger charge is -2.44. The number of rotatable bonds is 3. The minimum absolute atomic E-state index is 0.151. The van der Waals surface area contributed by atoms with E-state index in [2.05, 4.69) is 25.9 Å². The SMILES string of the molecule is CC1CCCC(C(=O)C(C)C)(N(C)C)C1. The molecule has 0 aromatic carbocycles. The van der Waals surface area contributed by atoms with Crippen molar-refractivity contribution in [1.29, 1.82) is 0 Å². The van der Waals surface area contributed by atoms with Gasteiger partial charge in [0, 0.05) is 5.92 Å². The highest BCUT2D eigenvalue weighted by Crippen LogP contribution is 2.37. The van der Waals surface area contributed by atoms with Crippen molar-refractivity contribution in [2.75, 3.05) is 14.1 Å². The summed E-state index contributed by atoms with van der Waals surface area (Å²) in [4.78, 5) is 14.5. The Kier molecular flexibility index (Phi) is 3.93. The molecule has 0 amide bonds. The third kappa shape index (κ3) is 2.41. The lowest BCUT2D eigenvalue weighted by molar-refractivity contribution is -0.136. The molecule has 0 heterocycles. The van der Waals surface area contributed by atoms with Crippen LogP contribution in [-0.2, 0) is 4.79 Å². The van der Waals surface area contributed by atoms with Crippen LogP contribution in [0.2, 0.25) is 0 Å². The monoisotopic (exact) mass is 211 g/mol. The Morgan fingerprint density at radius 2 is 2.00 bits per heavy atom. The van der Waals surface area contributed by atoms with E-state index in [1.165, 1.54) is 12.8 Å². The number of carbonyl (C=O) groups is 1. The zero-order valence-electron chi connectivity index (χ0n) is 10.8. The highest BCUT2D eigenvalue weighted by molar-refractivity contribution is 5.90. The number of ketones is 1. The van der Waals surface area contributed by atoms with Gasteiger partial charge in [0.25, 0.3) is 0 Å². The third-order valence-corrected chi connectivity index (χ3v) is 3.81. The van der Waals surface area contributed by atoms with Crippen LogP contribution >= 0.6 is 0 Å². The fraction of sp³-hybridized carbons (Fsp3) is 0.923. The summed E-state index contributed by atoms with van der Waals surface area (Å²) in [5, 5.41) is 0. The van der Waals surface area contributed by atoms with Crippen molar-refractivity contribution in [2.24, 2.45) is 11.8 Å². The second-order valence-electron chi connectivity index (χ2n) is 5.65. The molecule has 1 saturated carbocycles. The molecular formula is C13H25NO. The van der Waals surface area contributed by atoms with Crippen molar-refractivity contribution in [1.82, 2.24) is 4.90 Å². The van der Waals surface area contributed by atoms with Crippen molar-refractivity contribution in [2.45, 2.75) is 52.0 Å². The predicted octanol–water partition coefficient (Wildman–Crippen LogP) is 2.72. The highest BCUT2D eigenvalue weighted by Gasteiger charge is 2.43. The maximum Gasteiger partial charge on any atom is 0.155 e. The topological polar surface area (TPSA) is 20.3 Å². The molecule has 0 saturated heterocycles. The maximum atomic E-state index is 12.4. The summed E-state index contributed by atoms with van der Waals surface area (Å²) in [6.45, 7) is 6.31. The lowest BCUT2D eigenvalue weighted by Crippen LogP contribution is -2.55. The van der Waals surface area contributed by atoms with E-state index in [-0.39, 0.29) is 11.5 Å². The van der Waals surface area contributed by atoms with Gasteiger partial charge in [0.15, 0.2) is 5.78 Å². The fourth-order valence-corrected chi connectivity index (χ4v) is 2.91. The molecule has 1 rings (SSSR count). The molecular weight excluding hydrogens is 186 g/mol. The molecule has 0 N–H and O–H groups in total. The van der Waals surface area contributed by atoms with Crippen molar-refractivity contribution < 1.29 is 4.79 Å². The summed E-state index contributed by atoms with van der Waals surface area (Å²) in [6, 6.07) is 0. The average molecular weight is 211 g/mol. The second-order valence-corrected chi connectivity index (χ2v) is 5.65. The maximum absolute atomic E-state index is 12.4. The predicted molar refractivity (Wildman–Crippen MR) is 63.9 cm³/mol. The minimum Gasteiger partial charge on any atom is -0.297 e. The molecule has 2 heteroatoms. The molecule has 15 heavy (non-hydrogen) atoms. The molecule has 88 valence electrons. The van der Waals surface area contributed by atoms with Gasteiger partial charge in [-0.15, -0.1) is 0 Å².